The fourth-order valence-electron chi connectivity index (χ4n) is 2.26. The molecule has 1 fully saturated rings. The van der Waals surface area contributed by atoms with E-state index in [4.69, 9.17) is 0 Å². The van der Waals surface area contributed by atoms with Crippen LogP contribution in [0.3, 0.4) is 0 Å². The number of rotatable bonds is 3. The van der Waals surface area contributed by atoms with Crippen LogP contribution in [0.1, 0.15) is 24.2 Å². The summed E-state index contributed by atoms with van der Waals surface area (Å²) in [6.45, 7) is 5.31. The van der Waals surface area contributed by atoms with Crippen molar-refractivity contribution in [1.82, 2.24) is 9.88 Å². The zero-order valence-electron chi connectivity index (χ0n) is 12.3. The highest BCUT2D eigenvalue weighted by molar-refractivity contribution is 8.00. The Morgan fingerprint density at radius 3 is 2.86 bits per heavy atom. The van der Waals surface area contributed by atoms with Crippen LogP contribution in [-0.2, 0) is 0 Å². The van der Waals surface area contributed by atoms with Gasteiger partial charge in [-0.05, 0) is 13.8 Å². The highest BCUT2D eigenvalue weighted by atomic mass is 32.2. The molecule has 1 amide bonds. The van der Waals surface area contributed by atoms with E-state index in [1.165, 1.54) is 6.07 Å². The first kappa shape index (κ1) is 15.6. The summed E-state index contributed by atoms with van der Waals surface area (Å²) in [4.78, 5) is 28.8. The standard InChI is InChI=1S/C13H18N4O3S/c1-13(2)8-16(4-5-21-13)12(18)9-6-11(14-3)15-7-10(9)17(19)20/h6-7H,4-5,8H2,1-3H3,(H,14,15). The Morgan fingerprint density at radius 1 is 1.57 bits per heavy atom. The molecule has 2 heterocycles. The summed E-state index contributed by atoms with van der Waals surface area (Å²) in [5.41, 5.74) is -0.169. The number of carbonyl (C=O) groups excluding carboxylic acids is 1. The molecule has 0 aromatic carbocycles. The number of hydrogen-bond acceptors (Lipinski definition) is 6. The predicted molar refractivity (Wildman–Crippen MR) is 82.9 cm³/mol. The zero-order chi connectivity index (χ0) is 15.6. The van der Waals surface area contributed by atoms with Crippen LogP contribution in [0.25, 0.3) is 0 Å². The van der Waals surface area contributed by atoms with Crippen LogP contribution in [0.15, 0.2) is 12.3 Å². The molecule has 0 radical (unpaired) electrons. The van der Waals surface area contributed by atoms with Gasteiger partial charge in [0.15, 0.2) is 0 Å². The van der Waals surface area contributed by atoms with Gasteiger partial charge in [0.05, 0.1) is 4.92 Å². The smallest absolute Gasteiger partial charge is 0.300 e. The maximum Gasteiger partial charge on any atom is 0.300 e. The second kappa shape index (κ2) is 5.88. The topological polar surface area (TPSA) is 88.4 Å². The van der Waals surface area contributed by atoms with Gasteiger partial charge in [0.2, 0.25) is 0 Å². The first-order valence-electron chi connectivity index (χ1n) is 6.59. The Hall–Kier alpha value is -1.83. The number of nitrogens with one attached hydrogen (secondary N) is 1. The van der Waals surface area contributed by atoms with Crippen LogP contribution < -0.4 is 5.32 Å². The van der Waals surface area contributed by atoms with Crippen LogP contribution >= 0.6 is 11.8 Å². The third kappa shape index (κ3) is 3.44. The Bertz CT molecular complexity index is 577. The molecule has 2 rings (SSSR count). The first-order chi connectivity index (χ1) is 9.84. The van der Waals surface area contributed by atoms with E-state index in [2.05, 4.69) is 24.1 Å². The summed E-state index contributed by atoms with van der Waals surface area (Å²) in [6.07, 6.45) is 1.13. The molecule has 1 aromatic rings. The molecule has 0 atom stereocenters. The minimum atomic E-state index is -0.566. The van der Waals surface area contributed by atoms with Crippen LogP contribution in [0.2, 0.25) is 0 Å². The van der Waals surface area contributed by atoms with Crippen molar-refractivity contribution in [2.45, 2.75) is 18.6 Å². The Labute approximate surface area is 127 Å². The number of aromatic nitrogens is 1. The lowest BCUT2D eigenvalue weighted by atomic mass is 10.1. The van der Waals surface area contributed by atoms with E-state index >= 15 is 0 Å². The molecule has 0 bridgehead atoms. The summed E-state index contributed by atoms with van der Waals surface area (Å²) in [5.74, 6) is 0.958. The van der Waals surface area contributed by atoms with Crippen molar-refractivity contribution in [2.75, 3.05) is 31.2 Å². The number of nitro groups is 1. The Kier molecular flexibility index (Phi) is 4.36. The van der Waals surface area contributed by atoms with Crippen molar-refractivity contribution in [2.24, 2.45) is 0 Å². The van der Waals surface area contributed by atoms with Crippen LogP contribution in [0.4, 0.5) is 11.5 Å². The number of carbonyl (C=O) groups is 1. The van der Waals surface area contributed by atoms with Gasteiger partial charge in [-0.1, -0.05) is 0 Å². The van der Waals surface area contributed by atoms with E-state index in [0.29, 0.717) is 18.9 Å². The molecule has 0 unspecified atom stereocenters. The van der Waals surface area contributed by atoms with E-state index in [1.807, 2.05) is 0 Å². The number of nitrogens with zero attached hydrogens (tertiary/aromatic N) is 3. The van der Waals surface area contributed by atoms with Crippen molar-refractivity contribution in [3.05, 3.63) is 27.9 Å². The van der Waals surface area contributed by atoms with Gasteiger partial charge in [0.1, 0.15) is 17.6 Å². The van der Waals surface area contributed by atoms with Crippen molar-refractivity contribution < 1.29 is 9.72 Å². The van der Waals surface area contributed by atoms with E-state index in [9.17, 15) is 14.9 Å². The van der Waals surface area contributed by atoms with Gasteiger partial charge in [-0.15, -0.1) is 0 Å². The lowest BCUT2D eigenvalue weighted by molar-refractivity contribution is -0.385. The number of anilines is 1. The predicted octanol–water partition coefficient (Wildman–Crippen LogP) is 2.00. The van der Waals surface area contributed by atoms with Crippen LogP contribution in [-0.4, -0.2) is 51.4 Å². The summed E-state index contributed by atoms with van der Waals surface area (Å²) < 4.78 is -0.0401. The van der Waals surface area contributed by atoms with Gasteiger partial charge < -0.3 is 10.2 Å². The molecule has 1 aliphatic heterocycles. The summed E-state index contributed by atoms with van der Waals surface area (Å²) in [6, 6.07) is 1.44. The largest absolute Gasteiger partial charge is 0.373 e. The number of hydrogen-bond donors (Lipinski definition) is 1. The lowest BCUT2D eigenvalue weighted by Crippen LogP contribution is -2.46. The van der Waals surface area contributed by atoms with E-state index in [-0.39, 0.29) is 21.9 Å². The third-order valence-corrected chi connectivity index (χ3v) is 4.58. The number of pyridine rings is 1. The molecular formula is C13H18N4O3S. The van der Waals surface area contributed by atoms with Crippen LogP contribution in [0, 0.1) is 10.1 Å². The van der Waals surface area contributed by atoms with Crippen molar-refractivity contribution in [1.29, 1.82) is 0 Å². The zero-order valence-corrected chi connectivity index (χ0v) is 13.1. The van der Waals surface area contributed by atoms with Gasteiger partial charge in [-0.3, -0.25) is 14.9 Å². The molecule has 1 saturated heterocycles. The second-order valence-electron chi connectivity index (χ2n) is 5.43. The molecule has 0 saturated carbocycles. The minimum Gasteiger partial charge on any atom is -0.373 e. The molecule has 7 nitrogen and oxygen atoms in total. The fourth-order valence-corrected chi connectivity index (χ4v) is 3.37. The highest BCUT2D eigenvalue weighted by Crippen LogP contribution is 2.31. The van der Waals surface area contributed by atoms with E-state index < -0.39 is 4.92 Å². The van der Waals surface area contributed by atoms with Gasteiger partial charge in [-0.2, -0.15) is 11.8 Å². The van der Waals surface area contributed by atoms with Crippen molar-refractivity contribution in [3.63, 3.8) is 0 Å². The van der Waals surface area contributed by atoms with E-state index in [1.54, 1.807) is 23.7 Å². The average molecular weight is 310 g/mol. The molecule has 8 heteroatoms. The molecule has 21 heavy (non-hydrogen) atoms. The summed E-state index contributed by atoms with van der Waals surface area (Å²) >= 11 is 1.80. The van der Waals surface area contributed by atoms with Gasteiger partial charge in [0.25, 0.3) is 11.6 Å². The maximum atomic E-state index is 12.6. The number of thioether (sulfide) groups is 1. The molecule has 0 aliphatic carbocycles. The highest BCUT2D eigenvalue weighted by Gasteiger charge is 2.33. The molecule has 114 valence electrons. The van der Waals surface area contributed by atoms with Gasteiger partial charge in [0, 0.05) is 36.7 Å². The summed E-state index contributed by atoms with van der Waals surface area (Å²) in [5, 5.41) is 13.9. The molecule has 1 N–H and O–H groups in total. The maximum absolute atomic E-state index is 12.6. The quantitative estimate of drug-likeness (QED) is 0.678. The normalized spacial score (nSPS) is 17.4. The third-order valence-electron chi connectivity index (χ3n) is 3.28. The first-order valence-corrected chi connectivity index (χ1v) is 7.58. The summed E-state index contributed by atoms with van der Waals surface area (Å²) in [7, 11) is 1.66. The fraction of sp³-hybridized carbons (Fsp3) is 0.538. The Balaban J connectivity index is 2.35. The van der Waals surface area contributed by atoms with Crippen molar-refractivity contribution in [3.8, 4) is 0 Å². The second-order valence-corrected chi connectivity index (χ2v) is 7.23. The van der Waals surface area contributed by atoms with Gasteiger partial charge in [-0.25, -0.2) is 4.98 Å². The van der Waals surface area contributed by atoms with E-state index in [0.717, 1.165) is 11.9 Å². The molecule has 0 spiro atoms. The molecular weight excluding hydrogens is 292 g/mol. The van der Waals surface area contributed by atoms with Crippen molar-refractivity contribution >= 4 is 29.2 Å². The van der Waals surface area contributed by atoms with Gasteiger partial charge >= 0.3 is 0 Å². The number of amides is 1. The lowest BCUT2D eigenvalue weighted by Gasteiger charge is -2.37. The Morgan fingerprint density at radius 2 is 2.29 bits per heavy atom. The molecule has 1 aliphatic rings. The van der Waals surface area contributed by atoms with Crippen LogP contribution in [0.5, 0.6) is 0 Å². The average Bonchev–Trinajstić information content (AvgIpc) is 2.44. The minimum absolute atomic E-state index is 0.0401. The molecule has 1 aromatic heterocycles. The SMILES string of the molecule is CNc1cc(C(=O)N2CCSC(C)(C)C2)c([N+](=O)[O-])cn1. The monoisotopic (exact) mass is 310 g/mol.